The van der Waals surface area contributed by atoms with Crippen LogP contribution in [0.2, 0.25) is 0 Å². The second-order valence-electron chi connectivity index (χ2n) is 11.0. The van der Waals surface area contributed by atoms with Crippen molar-refractivity contribution in [2.75, 3.05) is 46.3 Å². The lowest BCUT2D eigenvalue weighted by Crippen LogP contribution is -2.32. The summed E-state index contributed by atoms with van der Waals surface area (Å²) in [5.74, 6) is -0.202. The van der Waals surface area contributed by atoms with Gasteiger partial charge in [0, 0.05) is 61.7 Å². The number of thiophene rings is 1. The van der Waals surface area contributed by atoms with Gasteiger partial charge in [-0.1, -0.05) is 26.0 Å². The van der Waals surface area contributed by atoms with Crippen molar-refractivity contribution in [3.05, 3.63) is 69.5 Å². The lowest BCUT2D eigenvalue weighted by atomic mass is 10.1. The third-order valence-corrected chi connectivity index (χ3v) is 9.47. The number of likely N-dealkylation sites (tertiary alicyclic amines) is 2. The fourth-order valence-corrected chi connectivity index (χ4v) is 5.96. The highest BCUT2D eigenvalue weighted by atomic mass is 32.1. The van der Waals surface area contributed by atoms with Crippen molar-refractivity contribution in [1.82, 2.24) is 19.7 Å². The van der Waals surface area contributed by atoms with Crippen molar-refractivity contribution >= 4 is 54.0 Å². The van der Waals surface area contributed by atoms with Gasteiger partial charge in [0.05, 0.1) is 16.9 Å². The molecule has 0 radical (unpaired) electrons. The number of nitrogens with one attached hydrogen (secondary N) is 1. The maximum atomic E-state index is 13.5. The molecule has 1 atom stereocenters. The zero-order chi connectivity index (χ0) is 39.9. The highest BCUT2D eigenvalue weighted by Crippen LogP contribution is 2.59. The minimum Gasteiger partial charge on any atom is -0.365 e. The Morgan fingerprint density at radius 2 is 1.81 bits per heavy atom. The molecular weight excluding hydrogens is 721 g/mol. The molecule has 2 aliphatic rings. The number of halogens is 2. The molecule has 5 rings (SSSR count). The van der Waals surface area contributed by atoms with Crippen LogP contribution in [0.25, 0.3) is 10.1 Å². The van der Waals surface area contributed by atoms with Crippen LogP contribution in [0.5, 0.6) is 0 Å². The molecular formula is C34H49F2N6O8PS. The molecule has 288 valence electrons. The molecule has 1 unspecified atom stereocenters. The second-order valence-corrected chi connectivity index (χ2v) is 13.7. The Morgan fingerprint density at radius 3 is 2.21 bits per heavy atom. The first-order valence-corrected chi connectivity index (χ1v) is 18.8. The van der Waals surface area contributed by atoms with Crippen LogP contribution in [-0.4, -0.2) is 101 Å². The SMILES string of the molecule is C=O.CC.CCN(C=O)CCC(=O)N1CCCC1.CN1CCC(C#N)C1.NC(=O)c1cc2cc(C(F)(F)P(=O)(O)O)ccc2s1.O=c1cccc[nH]1. The number of pyridine rings is 1. The Bertz CT molecular complexity index is 1660. The largest absolute Gasteiger partial charge is 0.399 e. The van der Waals surface area contributed by atoms with E-state index in [1.807, 2.05) is 32.5 Å². The van der Waals surface area contributed by atoms with E-state index in [9.17, 15) is 32.5 Å². The predicted octanol–water partition coefficient (Wildman–Crippen LogP) is 4.38. The number of H-pyrrole nitrogens is 1. The molecule has 1 aromatic carbocycles. The number of carbonyl (C=O) groups excluding carboxylic acids is 4. The molecule has 4 heterocycles. The summed E-state index contributed by atoms with van der Waals surface area (Å²) in [6, 6.07) is 11.6. The number of amides is 3. The molecule has 0 aliphatic carbocycles. The van der Waals surface area contributed by atoms with Crippen molar-refractivity contribution in [2.45, 2.75) is 52.1 Å². The number of nitriles is 1. The summed E-state index contributed by atoms with van der Waals surface area (Å²) in [6.07, 6.45) is 6.17. The number of hydrogen-bond donors (Lipinski definition) is 4. The van der Waals surface area contributed by atoms with Gasteiger partial charge in [0.15, 0.2) is 0 Å². The molecule has 3 aromatic rings. The predicted molar refractivity (Wildman–Crippen MR) is 197 cm³/mol. The molecule has 52 heavy (non-hydrogen) atoms. The van der Waals surface area contributed by atoms with Crippen LogP contribution in [-0.2, 0) is 24.6 Å². The third-order valence-electron chi connectivity index (χ3n) is 7.35. The summed E-state index contributed by atoms with van der Waals surface area (Å²) in [4.78, 5) is 76.9. The number of nitrogens with zero attached hydrogens (tertiary/aromatic N) is 4. The molecule has 5 N–H and O–H groups in total. The van der Waals surface area contributed by atoms with Crippen LogP contribution < -0.4 is 11.3 Å². The van der Waals surface area contributed by atoms with Crippen molar-refractivity contribution in [3.8, 4) is 6.07 Å². The van der Waals surface area contributed by atoms with E-state index >= 15 is 0 Å². The zero-order valence-electron chi connectivity index (χ0n) is 29.9. The van der Waals surface area contributed by atoms with Crippen LogP contribution in [0, 0.1) is 17.2 Å². The smallest absolute Gasteiger partial charge is 0.365 e. The normalized spacial score (nSPS) is 14.9. The third kappa shape index (κ3) is 16.3. The first-order chi connectivity index (χ1) is 24.6. The average Bonchev–Trinajstić information content (AvgIpc) is 3.92. The van der Waals surface area contributed by atoms with Gasteiger partial charge in [-0.05, 0) is 69.4 Å². The summed E-state index contributed by atoms with van der Waals surface area (Å²) in [5, 5.41) is 8.69. The Hall–Kier alpha value is -4.33. The Labute approximate surface area is 306 Å². The van der Waals surface area contributed by atoms with Gasteiger partial charge >= 0.3 is 13.3 Å². The van der Waals surface area contributed by atoms with Crippen LogP contribution >= 0.6 is 18.9 Å². The fraction of sp³-hybridized carbons (Fsp3) is 0.471. The van der Waals surface area contributed by atoms with E-state index in [1.165, 1.54) is 18.2 Å². The summed E-state index contributed by atoms with van der Waals surface area (Å²) in [7, 11) is -3.55. The number of aromatic nitrogens is 1. The molecule has 3 amide bonds. The summed E-state index contributed by atoms with van der Waals surface area (Å²) < 4.78 is 38.3. The Balaban J connectivity index is 0.000000689. The fourth-order valence-electron chi connectivity index (χ4n) is 4.59. The van der Waals surface area contributed by atoms with E-state index in [0.29, 0.717) is 30.1 Å². The van der Waals surface area contributed by atoms with Crippen LogP contribution in [0.3, 0.4) is 0 Å². The minimum atomic E-state index is -5.60. The molecule has 2 saturated heterocycles. The van der Waals surface area contributed by atoms with E-state index in [4.69, 9.17) is 25.6 Å². The zero-order valence-corrected chi connectivity index (χ0v) is 31.6. The quantitative estimate of drug-likeness (QED) is 0.187. The summed E-state index contributed by atoms with van der Waals surface area (Å²) in [5.41, 5.74) is -0.0551. The highest BCUT2D eigenvalue weighted by molar-refractivity contribution is 7.52. The number of nitrogens with two attached hydrogens (primary N) is 1. The van der Waals surface area contributed by atoms with Crippen molar-refractivity contribution in [2.24, 2.45) is 11.7 Å². The first-order valence-electron chi connectivity index (χ1n) is 16.4. The van der Waals surface area contributed by atoms with Gasteiger partial charge in [0.2, 0.25) is 17.9 Å². The van der Waals surface area contributed by atoms with E-state index in [2.05, 4.69) is 23.0 Å². The average molecular weight is 771 g/mol. The molecule has 2 fully saturated rings. The standard InChI is InChI=1S/C10H8F2NO4PS.C10H18N2O2.C6H10N2.C5H5NO.C2H6.CH2O/c11-10(12,18(15,16)17)6-1-2-7-5(3-6)4-8(19-7)9(13)14;1-2-11(9-13)8-5-10(14)12-6-3-4-7-12;1-8-3-2-6(4-7)5-8;7-5-3-1-2-4-6-5;2*1-2/h1-4H,(H2,13,14)(H2,15,16,17);9H,2-8H2,1H3;6H,2-3,5H2,1H3;1-4H,(H,6,7);1-2H3;1H2. The maximum Gasteiger partial charge on any atom is 0.399 e. The minimum absolute atomic E-state index is 0.0532. The van der Waals surface area contributed by atoms with Crippen molar-refractivity contribution < 1.29 is 42.3 Å². The monoisotopic (exact) mass is 770 g/mol. The van der Waals surface area contributed by atoms with E-state index in [1.54, 1.807) is 23.2 Å². The second kappa shape index (κ2) is 24.8. The van der Waals surface area contributed by atoms with Crippen LogP contribution in [0.15, 0.2) is 53.5 Å². The number of hydrogen-bond acceptors (Lipinski definition) is 9. The van der Waals surface area contributed by atoms with Gasteiger partial charge in [0.1, 0.15) is 6.79 Å². The number of fused-ring (bicyclic) bond motifs is 1. The summed E-state index contributed by atoms with van der Waals surface area (Å²) in [6.45, 7) is 13.0. The van der Waals surface area contributed by atoms with E-state index in [0.717, 1.165) is 75.3 Å². The lowest BCUT2D eigenvalue weighted by Gasteiger charge is -2.18. The van der Waals surface area contributed by atoms with E-state index < -0.39 is 24.7 Å². The maximum absolute atomic E-state index is 13.5. The first kappa shape index (κ1) is 47.7. The number of carbonyl (C=O) groups is 4. The molecule has 0 spiro atoms. The molecule has 2 aliphatic heterocycles. The van der Waals surface area contributed by atoms with Crippen LogP contribution in [0.1, 0.15) is 61.7 Å². The van der Waals surface area contributed by atoms with Gasteiger partial charge in [-0.3, -0.25) is 23.7 Å². The number of aromatic amines is 1. The highest BCUT2D eigenvalue weighted by Gasteiger charge is 2.50. The molecule has 0 bridgehead atoms. The number of rotatable bonds is 8. The van der Waals surface area contributed by atoms with Crippen LogP contribution in [0.4, 0.5) is 8.78 Å². The topological polar surface area (TPSA) is 218 Å². The Kier molecular flexibility index (Phi) is 22.7. The molecule has 0 saturated carbocycles. The number of alkyl halides is 2. The van der Waals surface area contributed by atoms with Gasteiger partial charge < -0.3 is 40.0 Å². The van der Waals surface area contributed by atoms with Gasteiger partial charge in [-0.25, -0.2) is 0 Å². The Morgan fingerprint density at radius 1 is 1.17 bits per heavy atom. The molecule has 18 heteroatoms. The number of primary amides is 1. The van der Waals surface area contributed by atoms with Crippen molar-refractivity contribution in [1.29, 1.82) is 5.26 Å². The molecule has 2 aromatic heterocycles. The lowest BCUT2D eigenvalue weighted by molar-refractivity contribution is -0.130. The summed E-state index contributed by atoms with van der Waals surface area (Å²) >= 11 is 1.02. The van der Waals surface area contributed by atoms with Gasteiger partial charge in [0.25, 0.3) is 5.91 Å². The van der Waals surface area contributed by atoms with E-state index in [-0.39, 0.29) is 21.7 Å². The molecule has 14 nitrogen and oxygen atoms in total. The van der Waals surface area contributed by atoms with Crippen molar-refractivity contribution in [3.63, 3.8) is 0 Å². The van der Waals surface area contributed by atoms with Gasteiger partial charge in [-0.2, -0.15) is 14.0 Å². The van der Waals surface area contributed by atoms with Gasteiger partial charge in [-0.15, -0.1) is 11.3 Å². The number of benzene rings is 1.